The number of aromatic amines is 1. The first kappa shape index (κ1) is 22.9. The quantitative estimate of drug-likeness (QED) is 0.235. The van der Waals surface area contributed by atoms with E-state index in [1.165, 1.54) is 11.1 Å². The Morgan fingerprint density at radius 1 is 1.35 bits per heavy atom. The van der Waals surface area contributed by atoms with E-state index in [2.05, 4.69) is 39.5 Å². The largest absolute Gasteiger partial charge is 0.489 e. The lowest BCUT2D eigenvalue weighted by Crippen LogP contribution is -2.13. The molecule has 1 atom stereocenters. The number of fused-ring (bicyclic) bond motifs is 2. The second-order valence-electron chi connectivity index (χ2n) is 7.03. The molecule has 14 nitrogen and oxygen atoms in total. The topological polar surface area (TPSA) is 198 Å². The van der Waals surface area contributed by atoms with Crippen molar-refractivity contribution < 1.29 is 29.1 Å². The van der Waals surface area contributed by atoms with Crippen molar-refractivity contribution in [2.45, 2.75) is 18.9 Å². The monoisotopic (exact) mass is 489 g/mol. The van der Waals surface area contributed by atoms with Gasteiger partial charge in [0.25, 0.3) is 5.88 Å². The molecule has 15 heteroatoms. The number of aromatic carboxylic acids is 1. The molecular weight excluding hydrogens is 474 g/mol. The van der Waals surface area contributed by atoms with Gasteiger partial charge in [0.2, 0.25) is 5.65 Å². The van der Waals surface area contributed by atoms with Gasteiger partial charge in [-0.25, -0.2) is 24.2 Å². The highest BCUT2D eigenvalue weighted by molar-refractivity contribution is 6.13. The normalized spacial score (nSPS) is 14.4. The number of aryl methyl sites for hydroxylation is 1. The van der Waals surface area contributed by atoms with E-state index in [0.717, 1.165) is 36.1 Å². The van der Waals surface area contributed by atoms with E-state index in [4.69, 9.17) is 16.9 Å². The molecule has 0 radical (unpaired) electrons. The number of halogens is 1. The molecule has 5 rings (SSSR count). The maximum atomic E-state index is 11.4. The number of rotatable bonds is 4. The molecule has 0 saturated heterocycles. The Morgan fingerprint density at radius 3 is 2.79 bits per heavy atom. The molecule has 0 unspecified atom stereocenters. The molecule has 4 N–H and O–H groups in total. The van der Waals surface area contributed by atoms with Crippen molar-refractivity contribution in [3.05, 3.63) is 57.3 Å². The van der Waals surface area contributed by atoms with Crippen LogP contribution in [0.3, 0.4) is 0 Å². The number of carbonyl (C=O) groups excluding carboxylic acids is 1. The van der Waals surface area contributed by atoms with Gasteiger partial charge in [-0.2, -0.15) is 4.52 Å². The minimum atomic E-state index is -1.35. The van der Waals surface area contributed by atoms with Crippen molar-refractivity contribution in [2.24, 2.45) is 0 Å². The number of H-pyrrole nitrogens is 1. The highest BCUT2D eigenvalue weighted by Crippen LogP contribution is 2.33. The minimum Gasteiger partial charge on any atom is -0.489 e. The number of aromatic hydroxyl groups is 1. The van der Waals surface area contributed by atoms with E-state index >= 15 is 0 Å². The molecule has 176 valence electrons. The lowest BCUT2D eigenvalue weighted by Gasteiger charge is -2.08. The summed E-state index contributed by atoms with van der Waals surface area (Å²) >= 11 is 5.67. The van der Waals surface area contributed by atoms with Gasteiger partial charge in [-0.3, -0.25) is 9.51 Å². The highest BCUT2D eigenvalue weighted by atomic mass is 35.5. The third-order valence-electron chi connectivity index (χ3n) is 5.04. The SMILES string of the molecule is COC(=O)c1cc(C(=O)O)nc2c(O)nnn12.O=c1[nH]c(-c2ccc3c(c2)CC[C@@H]3NCl)no1. The van der Waals surface area contributed by atoms with Crippen LogP contribution in [0, 0.1) is 0 Å². The maximum Gasteiger partial charge on any atom is 0.439 e. The summed E-state index contributed by atoms with van der Waals surface area (Å²) in [7, 11) is 1.13. The van der Waals surface area contributed by atoms with Crippen molar-refractivity contribution in [1.29, 1.82) is 0 Å². The lowest BCUT2D eigenvalue weighted by molar-refractivity contribution is 0.0590. The summed E-state index contributed by atoms with van der Waals surface area (Å²) in [5, 5.41) is 28.5. The number of hydrogen-bond donors (Lipinski definition) is 4. The van der Waals surface area contributed by atoms with Crippen LogP contribution >= 0.6 is 11.8 Å². The van der Waals surface area contributed by atoms with Crippen LogP contribution in [0.4, 0.5) is 0 Å². The minimum absolute atomic E-state index is 0.192. The zero-order valence-corrected chi connectivity index (χ0v) is 18.1. The number of carbonyl (C=O) groups is 2. The molecule has 0 saturated carbocycles. The number of carboxylic acid groups (broad SMARTS) is 1. The van der Waals surface area contributed by atoms with Crippen LogP contribution in [-0.2, 0) is 11.2 Å². The number of nitrogens with zero attached hydrogens (tertiary/aromatic N) is 5. The summed E-state index contributed by atoms with van der Waals surface area (Å²) in [6.45, 7) is 0. The number of carboxylic acids is 1. The molecular formula is C19H16ClN7O7. The molecule has 3 heterocycles. The fraction of sp³-hybridized carbons (Fsp3) is 0.211. The third kappa shape index (κ3) is 4.31. The van der Waals surface area contributed by atoms with Crippen molar-refractivity contribution in [1.82, 2.24) is 34.8 Å². The number of aromatic nitrogens is 6. The molecule has 1 aliphatic rings. The second kappa shape index (κ2) is 9.29. The summed E-state index contributed by atoms with van der Waals surface area (Å²) in [4.78, 5) is 42.0. The van der Waals surface area contributed by atoms with E-state index < -0.39 is 29.3 Å². The zero-order valence-electron chi connectivity index (χ0n) is 17.4. The molecule has 0 bridgehead atoms. The Hall–Kier alpha value is -4.30. The van der Waals surface area contributed by atoms with Gasteiger partial charge in [0.15, 0.2) is 17.2 Å². The summed E-state index contributed by atoms with van der Waals surface area (Å²) in [6.07, 6.45) is 1.95. The molecule has 0 amide bonds. The smallest absolute Gasteiger partial charge is 0.439 e. The Morgan fingerprint density at radius 2 is 2.15 bits per heavy atom. The van der Waals surface area contributed by atoms with E-state index in [0.29, 0.717) is 5.82 Å². The van der Waals surface area contributed by atoms with Crippen LogP contribution in [-0.4, -0.2) is 59.2 Å². The molecule has 0 fully saturated rings. The second-order valence-corrected chi connectivity index (χ2v) is 7.25. The van der Waals surface area contributed by atoms with Gasteiger partial charge in [0.05, 0.1) is 7.11 Å². The van der Waals surface area contributed by atoms with Gasteiger partial charge in [-0.1, -0.05) is 27.6 Å². The van der Waals surface area contributed by atoms with Gasteiger partial charge in [0.1, 0.15) is 0 Å². The van der Waals surface area contributed by atoms with Crippen molar-refractivity contribution in [2.75, 3.05) is 7.11 Å². The van der Waals surface area contributed by atoms with E-state index in [1.54, 1.807) is 0 Å². The fourth-order valence-electron chi connectivity index (χ4n) is 3.46. The molecule has 3 aromatic heterocycles. The van der Waals surface area contributed by atoms with Crippen LogP contribution < -0.4 is 10.6 Å². The predicted molar refractivity (Wildman–Crippen MR) is 113 cm³/mol. The number of hydrogen-bond acceptors (Lipinski definition) is 11. The first-order valence-corrected chi connectivity index (χ1v) is 10.0. The number of ether oxygens (including phenoxy) is 1. The molecule has 4 aromatic rings. The summed E-state index contributed by atoms with van der Waals surface area (Å²) in [5.74, 6) is -2.82. The number of nitrogens with one attached hydrogen (secondary N) is 2. The van der Waals surface area contributed by atoms with Crippen LogP contribution in [0.2, 0.25) is 0 Å². The van der Waals surface area contributed by atoms with Crippen LogP contribution in [0.25, 0.3) is 17.0 Å². The van der Waals surface area contributed by atoms with Crippen molar-refractivity contribution >= 4 is 29.4 Å². The average Bonchev–Trinajstić information content (AvgIpc) is 3.56. The van der Waals surface area contributed by atoms with Gasteiger partial charge >= 0.3 is 17.7 Å². The Labute approximate surface area is 194 Å². The standard InChI is InChI=1S/C11H10ClN3O2.C8H6N4O5/c12-14-9-4-2-6-5-7(1-3-8(6)9)10-13-11(16)17-15-10;1-17-8(16)4-2-3(7(14)15)9-5-6(13)10-11-12(4)5/h1,3,5,9,14H,2,4H2,(H,13,15,16);2,13H,1H3,(H,14,15)/t9-;/m0./s1. The van der Waals surface area contributed by atoms with E-state index in [1.807, 2.05) is 18.2 Å². The van der Waals surface area contributed by atoms with Gasteiger partial charge < -0.3 is 14.9 Å². The first-order valence-electron chi connectivity index (χ1n) is 9.64. The third-order valence-corrected chi connectivity index (χ3v) is 5.30. The molecule has 34 heavy (non-hydrogen) atoms. The Balaban J connectivity index is 0.000000161. The lowest BCUT2D eigenvalue weighted by atomic mass is 10.0. The van der Waals surface area contributed by atoms with Gasteiger partial charge in [-0.05, 0) is 41.8 Å². The number of benzene rings is 1. The zero-order chi connectivity index (χ0) is 24.4. The first-order chi connectivity index (χ1) is 16.3. The molecule has 1 aliphatic carbocycles. The average molecular weight is 490 g/mol. The molecule has 0 spiro atoms. The fourth-order valence-corrected chi connectivity index (χ4v) is 3.68. The van der Waals surface area contributed by atoms with Crippen LogP contribution in [0.15, 0.2) is 33.6 Å². The van der Waals surface area contributed by atoms with Gasteiger partial charge in [-0.15, -0.1) is 0 Å². The number of esters is 1. The van der Waals surface area contributed by atoms with Crippen molar-refractivity contribution in [3.8, 4) is 17.3 Å². The molecule has 0 aliphatic heterocycles. The Bertz CT molecular complexity index is 1440. The summed E-state index contributed by atoms with van der Waals surface area (Å²) in [6, 6.07) is 7.10. The van der Waals surface area contributed by atoms with E-state index in [9.17, 15) is 19.5 Å². The summed E-state index contributed by atoms with van der Waals surface area (Å²) < 4.78 is 9.84. The van der Waals surface area contributed by atoms with Crippen molar-refractivity contribution in [3.63, 3.8) is 0 Å². The van der Waals surface area contributed by atoms with Gasteiger partial charge in [0, 0.05) is 17.7 Å². The van der Waals surface area contributed by atoms with Crippen LogP contribution in [0.5, 0.6) is 5.88 Å². The molecule has 1 aromatic carbocycles. The number of methoxy groups -OCH3 is 1. The Kier molecular flexibility index (Phi) is 6.25. The van der Waals surface area contributed by atoms with Crippen LogP contribution in [0.1, 0.15) is 44.6 Å². The summed E-state index contributed by atoms with van der Waals surface area (Å²) in [5.41, 5.74) is 2.44. The van der Waals surface area contributed by atoms with E-state index in [-0.39, 0.29) is 17.4 Å². The highest BCUT2D eigenvalue weighted by Gasteiger charge is 2.22. The maximum absolute atomic E-state index is 11.4. The predicted octanol–water partition coefficient (Wildman–Crippen LogP) is 1.08.